The van der Waals surface area contributed by atoms with Crippen LogP contribution in [0.3, 0.4) is 0 Å². The number of nitrogen functional groups attached to an aromatic ring is 1. The van der Waals surface area contributed by atoms with Crippen LogP contribution in [0.4, 0.5) is 5.82 Å². The van der Waals surface area contributed by atoms with E-state index < -0.39 is 0 Å². The van der Waals surface area contributed by atoms with E-state index in [0.29, 0.717) is 5.82 Å². The first kappa shape index (κ1) is 10.5. The van der Waals surface area contributed by atoms with E-state index in [0.717, 1.165) is 11.3 Å². The highest BCUT2D eigenvalue weighted by Crippen LogP contribution is 2.20. The SMILES string of the molecule is Cl.Cn1nc(N)c(-c2ccccc2)n1. The van der Waals surface area contributed by atoms with Crippen molar-refractivity contribution in [1.29, 1.82) is 0 Å². The first-order valence-electron chi connectivity index (χ1n) is 3.99. The number of rotatable bonds is 1. The van der Waals surface area contributed by atoms with Crippen LogP contribution in [0.1, 0.15) is 0 Å². The third kappa shape index (κ3) is 1.85. The Morgan fingerprint density at radius 1 is 1.14 bits per heavy atom. The van der Waals surface area contributed by atoms with Crippen molar-refractivity contribution in [2.24, 2.45) is 7.05 Å². The van der Waals surface area contributed by atoms with Crippen LogP contribution in [-0.4, -0.2) is 15.0 Å². The second-order valence-corrected chi connectivity index (χ2v) is 2.79. The van der Waals surface area contributed by atoms with Gasteiger partial charge in [0.05, 0.1) is 0 Å². The number of halogens is 1. The summed E-state index contributed by atoms with van der Waals surface area (Å²) < 4.78 is 0. The molecule has 0 radical (unpaired) electrons. The first-order chi connectivity index (χ1) is 6.27. The minimum Gasteiger partial charge on any atom is -0.380 e. The van der Waals surface area contributed by atoms with Crippen molar-refractivity contribution in [2.45, 2.75) is 0 Å². The number of benzene rings is 1. The van der Waals surface area contributed by atoms with Crippen molar-refractivity contribution >= 4 is 18.2 Å². The summed E-state index contributed by atoms with van der Waals surface area (Å²) in [6.45, 7) is 0. The van der Waals surface area contributed by atoms with Gasteiger partial charge in [-0.3, -0.25) is 0 Å². The van der Waals surface area contributed by atoms with Crippen molar-refractivity contribution in [3.63, 3.8) is 0 Å². The molecule has 5 heteroatoms. The van der Waals surface area contributed by atoms with Gasteiger partial charge in [-0.25, -0.2) is 0 Å². The van der Waals surface area contributed by atoms with Gasteiger partial charge in [-0.2, -0.15) is 9.90 Å². The van der Waals surface area contributed by atoms with E-state index in [2.05, 4.69) is 10.2 Å². The van der Waals surface area contributed by atoms with E-state index in [4.69, 9.17) is 5.73 Å². The molecule has 14 heavy (non-hydrogen) atoms. The molecule has 0 aliphatic carbocycles. The summed E-state index contributed by atoms with van der Waals surface area (Å²) >= 11 is 0. The van der Waals surface area contributed by atoms with Crippen LogP contribution >= 0.6 is 12.4 Å². The zero-order valence-electron chi connectivity index (χ0n) is 7.71. The van der Waals surface area contributed by atoms with Gasteiger partial charge in [0.1, 0.15) is 5.69 Å². The van der Waals surface area contributed by atoms with E-state index in [1.54, 1.807) is 7.05 Å². The number of nitrogens with zero attached hydrogens (tertiary/aromatic N) is 3. The van der Waals surface area contributed by atoms with Crippen LogP contribution in [0.2, 0.25) is 0 Å². The van der Waals surface area contributed by atoms with Crippen LogP contribution in [0, 0.1) is 0 Å². The first-order valence-corrected chi connectivity index (χ1v) is 3.99. The number of anilines is 1. The Hall–Kier alpha value is -1.55. The molecule has 1 aromatic carbocycles. The normalized spacial score (nSPS) is 9.50. The van der Waals surface area contributed by atoms with Gasteiger partial charge < -0.3 is 5.73 Å². The Morgan fingerprint density at radius 3 is 2.29 bits per heavy atom. The summed E-state index contributed by atoms with van der Waals surface area (Å²) in [7, 11) is 1.75. The monoisotopic (exact) mass is 210 g/mol. The molecule has 2 N–H and O–H groups in total. The fourth-order valence-corrected chi connectivity index (χ4v) is 1.22. The lowest BCUT2D eigenvalue weighted by atomic mass is 10.2. The molecule has 0 spiro atoms. The zero-order chi connectivity index (χ0) is 9.26. The topological polar surface area (TPSA) is 56.7 Å². The van der Waals surface area contributed by atoms with Crippen molar-refractivity contribution < 1.29 is 0 Å². The van der Waals surface area contributed by atoms with Crippen molar-refractivity contribution in [3.8, 4) is 11.3 Å². The van der Waals surface area contributed by atoms with E-state index >= 15 is 0 Å². The molecule has 1 aromatic heterocycles. The molecule has 0 fully saturated rings. The minimum absolute atomic E-state index is 0. The molecule has 0 atom stereocenters. The smallest absolute Gasteiger partial charge is 0.174 e. The van der Waals surface area contributed by atoms with Crippen LogP contribution < -0.4 is 5.73 Å². The van der Waals surface area contributed by atoms with Gasteiger partial charge in [0, 0.05) is 12.6 Å². The molecule has 1 heterocycles. The molecule has 0 bridgehead atoms. The number of nitrogens with two attached hydrogens (primary N) is 1. The minimum atomic E-state index is 0. The fourth-order valence-electron chi connectivity index (χ4n) is 1.22. The summed E-state index contributed by atoms with van der Waals surface area (Å²) in [5.41, 5.74) is 7.41. The molecule has 2 rings (SSSR count). The largest absolute Gasteiger partial charge is 0.380 e. The van der Waals surface area contributed by atoms with E-state index in [9.17, 15) is 0 Å². The van der Waals surface area contributed by atoms with E-state index in [1.807, 2.05) is 30.3 Å². The Labute approximate surface area is 88.1 Å². The van der Waals surface area contributed by atoms with Gasteiger partial charge in [0.2, 0.25) is 0 Å². The summed E-state index contributed by atoms with van der Waals surface area (Å²) in [4.78, 5) is 1.47. The molecular formula is C9H11ClN4. The van der Waals surface area contributed by atoms with Gasteiger partial charge in [-0.1, -0.05) is 30.3 Å². The third-order valence-corrected chi connectivity index (χ3v) is 1.79. The fraction of sp³-hybridized carbons (Fsp3) is 0.111. The highest BCUT2D eigenvalue weighted by atomic mass is 35.5. The molecule has 0 aliphatic heterocycles. The summed E-state index contributed by atoms with van der Waals surface area (Å²) in [5, 5.41) is 8.13. The molecule has 4 nitrogen and oxygen atoms in total. The number of aromatic nitrogens is 3. The van der Waals surface area contributed by atoms with Gasteiger partial charge in [0.15, 0.2) is 5.82 Å². The van der Waals surface area contributed by atoms with Crippen LogP contribution in [-0.2, 0) is 7.05 Å². The maximum atomic E-state index is 5.68. The predicted octanol–water partition coefficient (Wildman–Crippen LogP) is 1.49. The van der Waals surface area contributed by atoms with Crippen molar-refractivity contribution in [2.75, 3.05) is 5.73 Å². The lowest BCUT2D eigenvalue weighted by molar-refractivity contribution is 0.658. The van der Waals surface area contributed by atoms with Crippen LogP contribution in [0.5, 0.6) is 0 Å². The number of hydrogen-bond donors (Lipinski definition) is 1. The summed E-state index contributed by atoms with van der Waals surface area (Å²) in [6, 6.07) is 9.77. The molecule has 74 valence electrons. The molecule has 0 aliphatic rings. The Balaban J connectivity index is 0.000000980. The quantitative estimate of drug-likeness (QED) is 0.776. The summed E-state index contributed by atoms with van der Waals surface area (Å²) in [5.74, 6) is 0.466. The van der Waals surface area contributed by atoms with E-state index in [-0.39, 0.29) is 12.4 Å². The van der Waals surface area contributed by atoms with Gasteiger partial charge in [-0.15, -0.1) is 17.5 Å². The lowest BCUT2D eigenvalue weighted by Crippen LogP contribution is -1.92. The molecule has 0 saturated carbocycles. The average molecular weight is 211 g/mol. The number of aryl methyl sites for hydroxylation is 1. The zero-order valence-corrected chi connectivity index (χ0v) is 8.53. The Kier molecular flexibility index (Phi) is 3.09. The highest BCUT2D eigenvalue weighted by Gasteiger charge is 2.06. The molecule has 0 unspecified atom stereocenters. The van der Waals surface area contributed by atoms with Gasteiger partial charge >= 0.3 is 0 Å². The van der Waals surface area contributed by atoms with Crippen molar-refractivity contribution in [1.82, 2.24) is 15.0 Å². The second kappa shape index (κ2) is 4.11. The molecule has 0 amide bonds. The maximum Gasteiger partial charge on any atom is 0.174 e. The second-order valence-electron chi connectivity index (χ2n) is 2.79. The molecular weight excluding hydrogens is 200 g/mol. The Bertz CT molecular complexity index is 410. The summed E-state index contributed by atoms with van der Waals surface area (Å²) in [6.07, 6.45) is 0. The standard InChI is InChI=1S/C9H10N4.ClH/c1-13-11-8(9(10)12-13)7-5-3-2-4-6-7;/h2-6H,1H3,(H2,10,12);1H. The number of hydrogen-bond acceptors (Lipinski definition) is 3. The van der Waals surface area contributed by atoms with Gasteiger partial charge in [0.25, 0.3) is 0 Å². The van der Waals surface area contributed by atoms with Crippen LogP contribution in [0.25, 0.3) is 11.3 Å². The third-order valence-electron chi connectivity index (χ3n) is 1.79. The molecule has 0 saturated heterocycles. The van der Waals surface area contributed by atoms with Crippen LogP contribution in [0.15, 0.2) is 30.3 Å². The molecule has 2 aromatic rings. The maximum absolute atomic E-state index is 5.68. The highest BCUT2D eigenvalue weighted by molar-refractivity contribution is 5.85. The Morgan fingerprint density at radius 2 is 1.79 bits per heavy atom. The van der Waals surface area contributed by atoms with E-state index in [1.165, 1.54) is 4.80 Å². The van der Waals surface area contributed by atoms with Gasteiger partial charge in [-0.05, 0) is 0 Å². The van der Waals surface area contributed by atoms with Crippen molar-refractivity contribution in [3.05, 3.63) is 30.3 Å². The predicted molar refractivity (Wildman–Crippen MR) is 58.1 cm³/mol. The lowest BCUT2D eigenvalue weighted by Gasteiger charge is -1.94. The average Bonchev–Trinajstić information content (AvgIpc) is 2.47.